The Balaban J connectivity index is 2.21. The molecule has 1 fully saturated rings. The van der Waals surface area contributed by atoms with Gasteiger partial charge in [-0.25, -0.2) is 0 Å². The van der Waals surface area contributed by atoms with Crippen LogP contribution in [-0.4, -0.2) is 37.2 Å². The van der Waals surface area contributed by atoms with Crippen molar-refractivity contribution >= 4 is 0 Å². The molecule has 3 heteroatoms. The summed E-state index contributed by atoms with van der Waals surface area (Å²) in [7, 11) is 2.18. The Morgan fingerprint density at radius 3 is 2.92 bits per heavy atom. The summed E-state index contributed by atoms with van der Waals surface area (Å²) in [5.74, 6) is 0. The molecule has 1 aliphatic heterocycles. The molecule has 1 saturated heterocycles. The van der Waals surface area contributed by atoms with Gasteiger partial charge in [0.25, 0.3) is 0 Å². The van der Waals surface area contributed by atoms with Crippen LogP contribution in [0.3, 0.4) is 0 Å². The van der Waals surface area contributed by atoms with Gasteiger partial charge in [-0.05, 0) is 40.3 Å². The van der Waals surface area contributed by atoms with E-state index in [0.29, 0.717) is 12.1 Å². The lowest BCUT2D eigenvalue weighted by atomic mass is 10.00. The average Bonchev–Trinajstić information content (AvgIpc) is 2.07. The van der Waals surface area contributed by atoms with Gasteiger partial charge in [0.15, 0.2) is 0 Å². The van der Waals surface area contributed by atoms with E-state index in [1.807, 2.05) is 6.92 Å². The molecule has 1 N–H and O–H groups in total. The first-order chi connectivity index (χ1) is 5.74. The fourth-order valence-electron chi connectivity index (χ4n) is 1.60. The summed E-state index contributed by atoms with van der Waals surface area (Å²) in [6, 6.07) is 1.23. The number of piperidine rings is 1. The second-order valence-electron chi connectivity index (χ2n) is 3.60. The van der Waals surface area contributed by atoms with Crippen molar-refractivity contribution in [3.05, 3.63) is 0 Å². The van der Waals surface area contributed by atoms with Crippen molar-refractivity contribution < 1.29 is 4.84 Å². The minimum atomic E-state index is 0.552. The molecule has 0 aromatic rings. The van der Waals surface area contributed by atoms with Crippen LogP contribution in [0.4, 0.5) is 0 Å². The molecule has 72 valence electrons. The molecule has 1 rings (SSSR count). The number of nitrogens with zero attached hydrogens (tertiary/aromatic N) is 1. The molecule has 0 bridgehead atoms. The fourth-order valence-corrected chi connectivity index (χ4v) is 1.60. The first-order valence-electron chi connectivity index (χ1n) is 4.81. The predicted octanol–water partition coefficient (Wildman–Crippen LogP) is 1.01. The number of nitrogens with one attached hydrogen (secondary N) is 1. The number of hydrogen-bond acceptors (Lipinski definition) is 3. The van der Waals surface area contributed by atoms with Gasteiger partial charge in [0, 0.05) is 12.1 Å². The van der Waals surface area contributed by atoms with E-state index < -0.39 is 0 Å². The van der Waals surface area contributed by atoms with E-state index in [2.05, 4.69) is 24.4 Å². The molecule has 2 atom stereocenters. The Morgan fingerprint density at radius 1 is 1.58 bits per heavy atom. The van der Waals surface area contributed by atoms with Crippen molar-refractivity contribution in [1.29, 1.82) is 0 Å². The van der Waals surface area contributed by atoms with E-state index in [9.17, 15) is 0 Å². The van der Waals surface area contributed by atoms with Gasteiger partial charge in [-0.2, -0.15) is 5.48 Å². The first kappa shape index (κ1) is 9.96. The lowest BCUT2D eigenvalue weighted by molar-refractivity contribution is 0.000483. The van der Waals surface area contributed by atoms with Gasteiger partial charge < -0.3 is 9.74 Å². The second kappa shape index (κ2) is 4.80. The van der Waals surface area contributed by atoms with E-state index in [1.165, 1.54) is 19.4 Å². The molecule has 0 radical (unpaired) electrons. The third kappa shape index (κ3) is 2.73. The quantitative estimate of drug-likeness (QED) is 0.643. The summed E-state index contributed by atoms with van der Waals surface area (Å²) in [5.41, 5.74) is 3.10. The summed E-state index contributed by atoms with van der Waals surface area (Å²) in [4.78, 5) is 7.58. The molecule has 3 nitrogen and oxygen atoms in total. The summed E-state index contributed by atoms with van der Waals surface area (Å²) in [6.07, 6.45) is 2.39. The molecule has 1 aliphatic rings. The Kier molecular flexibility index (Phi) is 3.98. The van der Waals surface area contributed by atoms with Crippen molar-refractivity contribution in [3.63, 3.8) is 0 Å². The van der Waals surface area contributed by atoms with Gasteiger partial charge >= 0.3 is 0 Å². The standard InChI is InChI=1S/C9H20N2O/c1-4-12-10-9-5-6-11(3)8(2)7-9/h8-10H,4-7H2,1-3H3. The zero-order chi connectivity index (χ0) is 8.97. The minimum Gasteiger partial charge on any atom is -0.304 e. The summed E-state index contributed by atoms with van der Waals surface area (Å²) < 4.78 is 0. The zero-order valence-corrected chi connectivity index (χ0v) is 8.34. The first-order valence-corrected chi connectivity index (χ1v) is 4.81. The third-order valence-electron chi connectivity index (χ3n) is 2.60. The second-order valence-corrected chi connectivity index (χ2v) is 3.60. The Labute approximate surface area is 75.0 Å². The van der Waals surface area contributed by atoms with Crippen LogP contribution in [0.1, 0.15) is 26.7 Å². The molecule has 0 spiro atoms. The predicted molar refractivity (Wildman–Crippen MR) is 49.9 cm³/mol. The van der Waals surface area contributed by atoms with E-state index >= 15 is 0 Å². The molecular formula is C9H20N2O. The third-order valence-corrected chi connectivity index (χ3v) is 2.60. The largest absolute Gasteiger partial charge is 0.304 e. The molecule has 0 saturated carbocycles. The maximum absolute atomic E-state index is 5.19. The smallest absolute Gasteiger partial charge is 0.0654 e. The summed E-state index contributed by atoms with van der Waals surface area (Å²) >= 11 is 0. The number of likely N-dealkylation sites (tertiary alicyclic amines) is 1. The number of hydrogen-bond donors (Lipinski definition) is 1. The normalized spacial score (nSPS) is 32.2. The van der Waals surface area contributed by atoms with Crippen LogP contribution in [-0.2, 0) is 4.84 Å². The maximum Gasteiger partial charge on any atom is 0.0654 e. The van der Waals surface area contributed by atoms with Crippen LogP contribution < -0.4 is 5.48 Å². The SMILES string of the molecule is CCONC1CCN(C)C(C)C1. The van der Waals surface area contributed by atoms with Crippen molar-refractivity contribution in [2.75, 3.05) is 20.2 Å². The maximum atomic E-state index is 5.19. The molecule has 0 aromatic carbocycles. The van der Waals surface area contributed by atoms with Gasteiger partial charge in [0.2, 0.25) is 0 Å². The molecule has 2 unspecified atom stereocenters. The molecule has 12 heavy (non-hydrogen) atoms. The van der Waals surface area contributed by atoms with Crippen LogP contribution in [0.15, 0.2) is 0 Å². The lowest BCUT2D eigenvalue weighted by Gasteiger charge is -2.34. The van der Waals surface area contributed by atoms with E-state index in [1.54, 1.807) is 0 Å². The Bertz CT molecular complexity index is 128. The highest BCUT2D eigenvalue weighted by Gasteiger charge is 2.22. The number of hydroxylamine groups is 1. The van der Waals surface area contributed by atoms with Gasteiger partial charge in [-0.3, -0.25) is 0 Å². The summed E-state index contributed by atoms with van der Waals surface area (Å²) in [5, 5.41) is 0. The highest BCUT2D eigenvalue weighted by molar-refractivity contribution is 4.78. The van der Waals surface area contributed by atoms with Crippen molar-refractivity contribution in [3.8, 4) is 0 Å². The molecule has 0 aliphatic carbocycles. The zero-order valence-electron chi connectivity index (χ0n) is 8.34. The minimum absolute atomic E-state index is 0.552. The average molecular weight is 172 g/mol. The van der Waals surface area contributed by atoms with Gasteiger partial charge in [-0.1, -0.05) is 0 Å². The van der Waals surface area contributed by atoms with Gasteiger partial charge in [-0.15, -0.1) is 0 Å². The highest BCUT2D eigenvalue weighted by atomic mass is 16.6. The molecule has 0 amide bonds. The van der Waals surface area contributed by atoms with Crippen molar-refractivity contribution in [2.24, 2.45) is 0 Å². The molecule has 0 aromatic heterocycles. The highest BCUT2D eigenvalue weighted by Crippen LogP contribution is 2.14. The Morgan fingerprint density at radius 2 is 2.33 bits per heavy atom. The lowest BCUT2D eigenvalue weighted by Crippen LogP contribution is -2.45. The summed E-state index contributed by atoms with van der Waals surface area (Å²) in [6.45, 7) is 6.19. The van der Waals surface area contributed by atoms with Crippen LogP contribution in [0.5, 0.6) is 0 Å². The topological polar surface area (TPSA) is 24.5 Å². The molecular weight excluding hydrogens is 152 g/mol. The fraction of sp³-hybridized carbons (Fsp3) is 1.00. The van der Waals surface area contributed by atoms with Crippen LogP contribution >= 0.6 is 0 Å². The Hall–Kier alpha value is -0.120. The van der Waals surface area contributed by atoms with E-state index in [-0.39, 0.29) is 0 Å². The van der Waals surface area contributed by atoms with Crippen molar-refractivity contribution in [1.82, 2.24) is 10.4 Å². The van der Waals surface area contributed by atoms with Crippen LogP contribution in [0.2, 0.25) is 0 Å². The van der Waals surface area contributed by atoms with E-state index in [0.717, 1.165) is 6.61 Å². The number of rotatable bonds is 3. The van der Waals surface area contributed by atoms with Crippen molar-refractivity contribution in [2.45, 2.75) is 38.8 Å². The van der Waals surface area contributed by atoms with Crippen LogP contribution in [0.25, 0.3) is 0 Å². The van der Waals surface area contributed by atoms with Gasteiger partial charge in [0.1, 0.15) is 0 Å². The van der Waals surface area contributed by atoms with E-state index in [4.69, 9.17) is 4.84 Å². The van der Waals surface area contributed by atoms with Crippen LogP contribution in [0, 0.1) is 0 Å². The molecule has 1 heterocycles. The monoisotopic (exact) mass is 172 g/mol. The van der Waals surface area contributed by atoms with Gasteiger partial charge in [0.05, 0.1) is 6.61 Å².